The predicted molar refractivity (Wildman–Crippen MR) is 97.5 cm³/mol. The molecule has 0 radical (unpaired) electrons. The molecular formula is C19H24N4O3. The number of aromatic nitrogens is 2. The van der Waals surface area contributed by atoms with Crippen LogP contribution in [0.5, 0.6) is 0 Å². The highest BCUT2D eigenvalue weighted by Crippen LogP contribution is 2.28. The Morgan fingerprint density at radius 3 is 2.92 bits per heavy atom. The predicted octanol–water partition coefficient (Wildman–Crippen LogP) is 1.88. The van der Waals surface area contributed by atoms with Gasteiger partial charge in [-0.25, -0.2) is 0 Å². The van der Waals surface area contributed by atoms with E-state index in [-0.39, 0.29) is 24.3 Å². The number of hydrogen-bond acceptors (Lipinski definition) is 4. The van der Waals surface area contributed by atoms with Crippen LogP contribution in [0.15, 0.2) is 36.7 Å². The van der Waals surface area contributed by atoms with E-state index in [1.807, 2.05) is 38.1 Å². The summed E-state index contributed by atoms with van der Waals surface area (Å²) in [4.78, 5) is 27.7. The molecule has 1 aromatic carbocycles. The van der Waals surface area contributed by atoms with E-state index in [1.54, 1.807) is 11.1 Å². The Balaban J connectivity index is 1.98. The third kappa shape index (κ3) is 3.48. The lowest BCUT2D eigenvalue weighted by Crippen LogP contribution is -2.48. The van der Waals surface area contributed by atoms with Gasteiger partial charge >= 0.3 is 0 Å². The Labute approximate surface area is 152 Å². The SMILES string of the molecule is CC[C@H](C)C1C(=O)Nc2ccccc2CN1C(=O)c1cnn(CCO)c1. The van der Waals surface area contributed by atoms with Crippen LogP contribution in [0, 0.1) is 5.92 Å². The molecule has 138 valence electrons. The first-order chi connectivity index (χ1) is 12.5. The largest absolute Gasteiger partial charge is 0.394 e. The number of nitrogens with one attached hydrogen (secondary N) is 1. The molecule has 1 aromatic heterocycles. The molecule has 2 heterocycles. The van der Waals surface area contributed by atoms with Crippen LogP contribution in [0.25, 0.3) is 0 Å². The number of amides is 2. The Morgan fingerprint density at radius 1 is 1.42 bits per heavy atom. The van der Waals surface area contributed by atoms with Crippen molar-refractivity contribution >= 4 is 17.5 Å². The van der Waals surface area contributed by atoms with Crippen molar-refractivity contribution in [1.82, 2.24) is 14.7 Å². The van der Waals surface area contributed by atoms with Gasteiger partial charge in [-0.15, -0.1) is 0 Å². The number of aliphatic hydroxyl groups is 1. The standard InChI is InChI=1S/C19H24N4O3/c1-3-13(2)17-18(25)21-16-7-5-4-6-14(16)12-23(17)19(26)15-10-20-22(11-15)8-9-24/h4-7,10-11,13,17,24H,3,8-9,12H2,1-2H3,(H,21,25)/t13-,17?/m0/s1. The number of hydrogen-bond donors (Lipinski definition) is 2. The van der Waals surface area contributed by atoms with Gasteiger partial charge in [0.1, 0.15) is 6.04 Å². The first kappa shape index (κ1) is 18.1. The van der Waals surface area contributed by atoms with Crippen molar-refractivity contribution in [3.05, 3.63) is 47.8 Å². The Hall–Kier alpha value is -2.67. The smallest absolute Gasteiger partial charge is 0.258 e. The number of rotatable bonds is 5. The van der Waals surface area contributed by atoms with Gasteiger partial charge in [-0.3, -0.25) is 14.3 Å². The van der Waals surface area contributed by atoms with Gasteiger partial charge in [-0.05, 0) is 17.5 Å². The Bertz CT molecular complexity index is 802. The van der Waals surface area contributed by atoms with Gasteiger partial charge in [-0.1, -0.05) is 38.5 Å². The molecule has 1 unspecified atom stereocenters. The van der Waals surface area contributed by atoms with Gasteiger partial charge in [0, 0.05) is 18.4 Å². The molecule has 0 fully saturated rings. The van der Waals surface area contributed by atoms with Crippen molar-refractivity contribution in [3.8, 4) is 0 Å². The maximum Gasteiger partial charge on any atom is 0.258 e. The third-order valence-electron chi connectivity index (χ3n) is 4.87. The van der Waals surface area contributed by atoms with E-state index in [1.165, 1.54) is 10.9 Å². The molecule has 1 aliphatic rings. The van der Waals surface area contributed by atoms with Crippen molar-refractivity contribution in [2.45, 2.75) is 39.4 Å². The van der Waals surface area contributed by atoms with E-state index in [0.29, 0.717) is 18.7 Å². The van der Waals surface area contributed by atoms with Crippen LogP contribution in [0.4, 0.5) is 5.69 Å². The van der Waals surface area contributed by atoms with E-state index in [4.69, 9.17) is 5.11 Å². The molecule has 2 atom stereocenters. The number of para-hydroxylation sites is 1. The van der Waals surface area contributed by atoms with E-state index in [9.17, 15) is 9.59 Å². The second-order valence-corrected chi connectivity index (χ2v) is 6.63. The third-order valence-corrected chi connectivity index (χ3v) is 4.87. The average molecular weight is 356 g/mol. The zero-order chi connectivity index (χ0) is 18.7. The fourth-order valence-electron chi connectivity index (χ4n) is 3.26. The Morgan fingerprint density at radius 2 is 2.19 bits per heavy atom. The monoisotopic (exact) mass is 356 g/mol. The normalized spacial score (nSPS) is 18.0. The molecule has 2 N–H and O–H groups in total. The summed E-state index contributed by atoms with van der Waals surface area (Å²) >= 11 is 0. The molecule has 0 saturated carbocycles. The number of aliphatic hydroxyl groups excluding tert-OH is 1. The van der Waals surface area contributed by atoms with Gasteiger partial charge in [0.15, 0.2) is 0 Å². The minimum Gasteiger partial charge on any atom is -0.394 e. The molecule has 1 aliphatic heterocycles. The van der Waals surface area contributed by atoms with E-state index in [0.717, 1.165) is 17.7 Å². The molecule has 0 bridgehead atoms. The summed E-state index contributed by atoms with van der Waals surface area (Å²) in [6, 6.07) is 6.99. The molecule has 3 rings (SSSR count). The molecule has 0 saturated heterocycles. The molecule has 2 amide bonds. The van der Waals surface area contributed by atoms with Crippen LogP contribution in [0.3, 0.4) is 0 Å². The Kier molecular flexibility index (Phi) is 5.37. The summed E-state index contributed by atoms with van der Waals surface area (Å²) in [5.41, 5.74) is 2.07. The average Bonchev–Trinajstić information content (AvgIpc) is 3.04. The highest BCUT2D eigenvalue weighted by atomic mass is 16.3. The lowest BCUT2D eigenvalue weighted by atomic mass is 9.96. The number of carbonyl (C=O) groups is 2. The minimum atomic E-state index is -0.555. The van der Waals surface area contributed by atoms with Crippen molar-refractivity contribution in [3.63, 3.8) is 0 Å². The van der Waals surface area contributed by atoms with Crippen LogP contribution >= 0.6 is 0 Å². The summed E-state index contributed by atoms with van der Waals surface area (Å²) in [6.07, 6.45) is 3.88. The van der Waals surface area contributed by atoms with Crippen LogP contribution < -0.4 is 5.32 Å². The fraction of sp³-hybridized carbons (Fsp3) is 0.421. The minimum absolute atomic E-state index is 0.0146. The number of nitrogens with zero attached hydrogens (tertiary/aromatic N) is 3. The van der Waals surface area contributed by atoms with Crippen molar-refractivity contribution in [2.75, 3.05) is 11.9 Å². The van der Waals surface area contributed by atoms with Gasteiger partial charge < -0.3 is 15.3 Å². The first-order valence-corrected chi connectivity index (χ1v) is 8.88. The summed E-state index contributed by atoms with van der Waals surface area (Å²) in [5, 5.41) is 16.1. The molecule has 2 aromatic rings. The van der Waals surface area contributed by atoms with Gasteiger partial charge in [-0.2, -0.15) is 5.10 Å². The maximum atomic E-state index is 13.2. The van der Waals surface area contributed by atoms with Crippen LogP contribution in [0.1, 0.15) is 36.2 Å². The number of carbonyl (C=O) groups excluding carboxylic acids is 2. The number of fused-ring (bicyclic) bond motifs is 1. The maximum absolute atomic E-state index is 13.2. The van der Waals surface area contributed by atoms with Gasteiger partial charge in [0.25, 0.3) is 5.91 Å². The number of anilines is 1. The van der Waals surface area contributed by atoms with E-state index in [2.05, 4.69) is 10.4 Å². The van der Waals surface area contributed by atoms with Crippen molar-refractivity contribution in [1.29, 1.82) is 0 Å². The van der Waals surface area contributed by atoms with Gasteiger partial charge in [0.2, 0.25) is 5.91 Å². The van der Waals surface area contributed by atoms with Crippen molar-refractivity contribution < 1.29 is 14.7 Å². The molecule has 26 heavy (non-hydrogen) atoms. The lowest BCUT2D eigenvalue weighted by molar-refractivity contribution is -0.122. The molecule has 0 aliphatic carbocycles. The van der Waals surface area contributed by atoms with Crippen LogP contribution in [-0.2, 0) is 17.9 Å². The number of benzene rings is 1. The molecular weight excluding hydrogens is 332 g/mol. The summed E-state index contributed by atoms with van der Waals surface area (Å²) in [6.45, 7) is 4.62. The summed E-state index contributed by atoms with van der Waals surface area (Å²) < 4.78 is 1.53. The zero-order valence-corrected chi connectivity index (χ0v) is 15.1. The quantitative estimate of drug-likeness (QED) is 0.856. The molecule has 0 spiro atoms. The van der Waals surface area contributed by atoms with E-state index >= 15 is 0 Å². The topological polar surface area (TPSA) is 87.5 Å². The summed E-state index contributed by atoms with van der Waals surface area (Å²) in [7, 11) is 0. The second-order valence-electron chi connectivity index (χ2n) is 6.63. The fourth-order valence-corrected chi connectivity index (χ4v) is 3.26. The van der Waals surface area contributed by atoms with Crippen LogP contribution in [0.2, 0.25) is 0 Å². The van der Waals surface area contributed by atoms with E-state index < -0.39 is 6.04 Å². The first-order valence-electron chi connectivity index (χ1n) is 8.88. The van der Waals surface area contributed by atoms with Crippen molar-refractivity contribution in [2.24, 2.45) is 5.92 Å². The van der Waals surface area contributed by atoms with Gasteiger partial charge in [0.05, 0.1) is 24.9 Å². The highest BCUT2D eigenvalue weighted by Gasteiger charge is 2.37. The van der Waals surface area contributed by atoms with Crippen LogP contribution in [-0.4, -0.2) is 44.3 Å². The summed E-state index contributed by atoms with van der Waals surface area (Å²) in [5.74, 6) is -0.382. The second kappa shape index (κ2) is 7.70. The lowest BCUT2D eigenvalue weighted by Gasteiger charge is -2.32. The zero-order valence-electron chi connectivity index (χ0n) is 15.1. The molecule has 7 nitrogen and oxygen atoms in total. The molecule has 7 heteroatoms. The highest BCUT2D eigenvalue weighted by molar-refractivity contribution is 6.02.